The topological polar surface area (TPSA) is 67.4 Å². The standard InChI is InChI=1S/C19H20N2O3/c1-3-13-4-7-15(8-5-13)20-18(22)11-14-6-9-17-16(10-14)21-19(23)12(2)24-17/h4-10,12H,3,11H2,1-2H3,(H,20,22)(H,21,23). The van der Waals surface area contributed by atoms with Crippen LogP contribution in [0.4, 0.5) is 11.4 Å². The Labute approximate surface area is 141 Å². The van der Waals surface area contributed by atoms with Crippen molar-refractivity contribution in [3.05, 3.63) is 53.6 Å². The van der Waals surface area contributed by atoms with Crippen LogP contribution >= 0.6 is 0 Å². The van der Waals surface area contributed by atoms with Gasteiger partial charge in [-0.1, -0.05) is 25.1 Å². The van der Waals surface area contributed by atoms with Gasteiger partial charge in [-0.25, -0.2) is 0 Å². The number of nitrogens with one attached hydrogen (secondary N) is 2. The van der Waals surface area contributed by atoms with E-state index in [1.54, 1.807) is 19.1 Å². The molecule has 5 nitrogen and oxygen atoms in total. The first kappa shape index (κ1) is 16.1. The van der Waals surface area contributed by atoms with E-state index in [2.05, 4.69) is 17.6 Å². The molecule has 2 amide bonds. The Morgan fingerprint density at radius 2 is 1.88 bits per heavy atom. The van der Waals surface area contributed by atoms with E-state index in [9.17, 15) is 9.59 Å². The van der Waals surface area contributed by atoms with Gasteiger partial charge in [0.25, 0.3) is 5.91 Å². The third kappa shape index (κ3) is 3.56. The summed E-state index contributed by atoms with van der Waals surface area (Å²) in [7, 11) is 0. The summed E-state index contributed by atoms with van der Waals surface area (Å²) in [5.74, 6) is 0.345. The highest BCUT2D eigenvalue weighted by atomic mass is 16.5. The van der Waals surface area contributed by atoms with Crippen molar-refractivity contribution in [1.29, 1.82) is 0 Å². The smallest absolute Gasteiger partial charge is 0.265 e. The Bertz CT molecular complexity index is 769. The third-order valence-corrected chi connectivity index (χ3v) is 3.99. The second-order valence-electron chi connectivity index (χ2n) is 5.86. The number of anilines is 2. The zero-order valence-corrected chi connectivity index (χ0v) is 13.8. The van der Waals surface area contributed by atoms with Crippen LogP contribution in [0, 0.1) is 0 Å². The van der Waals surface area contributed by atoms with Crippen molar-refractivity contribution < 1.29 is 14.3 Å². The first-order valence-corrected chi connectivity index (χ1v) is 8.04. The minimum absolute atomic E-state index is 0.101. The number of rotatable bonds is 4. The predicted octanol–water partition coefficient (Wildman–Crippen LogP) is 3.15. The third-order valence-electron chi connectivity index (χ3n) is 3.99. The molecule has 1 atom stereocenters. The molecule has 1 aliphatic heterocycles. The molecule has 0 aliphatic carbocycles. The van der Waals surface area contributed by atoms with E-state index in [0.717, 1.165) is 17.7 Å². The molecule has 2 N–H and O–H groups in total. The molecule has 124 valence electrons. The van der Waals surface area contributed by atoms with Gasteiger partial charge < -0.3 is 15.4 Å². The van der Waals surface area contributed by atoms with Gasteiger partial charge in [-0.2, -0.15) is 0 Å². The van der Waals surface area contributed by atoms with Crippen molar-refractivity contribution in [2.75, 3.05) is 10.6 Å². The van der Waals surface area contributed by atoms with Gasteiger partial charge in [-0.3, -0.25) is 9.59 Å². The highest BCUT2D eigenvalue weighted by molar-refractivity contribution is 5.98. The second-order valence-corrected chi connectivity index (χ2v) is 5.86. The molecule has 1 heterocycles. The number of ether oxygens (including phenoxy) is 1. The molecule has 0 bridgehead atoms. The highest BCUT2D eigenvalue weighted by Gasteiger charge is 2.23. The Morgan fingerprint density at radius 3 is 2.58 bits per heavy atom. The van der Waals surface area contributed by atoms with Crippen LogP contribution in [0.3, 0.4) is 0 Å². The molecule has 1 unspecified atom stereocenters. The van der Waals surface area contributed by atoms with Crippen LogP contribution < -0.4 is 15.4 Å². The number of carbonyl (C=O) groups is 2. The molecular formula is C19H20N2O3. The summed E-state index contributed by atoms with van der Waals surface area (Å²) in [6, 6.07) is 13.2. The van der Waals surface area contributed by atoms with Crippen molar-refractivity contribution >= 4 is 23.2 Å². The Kier molecular flexibility index (Phi) is 4.51. The maximum Gasteiger partial charge on any atom is 0.265 e. The number of carbonyl (C=O) groups excluding carboxylic acids is 2. The number of aryl methyl sites for hydroxylation is 1. The minimum atomic E-state index is -0.502. The first-order valence-electron chi connectivity index (χ1n) is 8.04. The fourth-order valence-corrected chi connectivity index (χ4v) is 2.58. The summed E-state index contributed by atoms with van der Waals surface area (Å²) in [5, 5.41) is 5.67. The van der Waals surface area contributed by atoms with E-state index in [0.29, 0.717) is 11.4 Å². The largest absolute Gasteiger partial charge is 0.479 e. The summed E-state index contributed by atoms with van der Waals surface area (Å²) in [4.78, 5) is 23.9. The van der Waals surface area contributed by atoms with Crippen molar-refractivity contribution in [3.63, 3.8) is 0 Å². The van der Waals surface area contributed by atoms with Crippen LogP contribution in [0.1, 0.15) is 25.0 Å². The average molecular weight is 324 g/mol. The molecule has 0 fully saturated rings. The van der Waals surface area contributed by atoms with Crippen molar-refractivity contribution in [1.82, 2.24) is 0 Å². The molecule has 0 saturated heterocycles. The molecule has 0 spiro atoms. The molecule has 24 heavy (non-hydrogen) atoms. The number of benzene rings is 2. The lowest BCUT2D eigenvalue weighted by atomic mass is 10.1. The van der Waals surface area contributed by atoms with Gasteiger partial charge in [0.05, 0.1) is 12.1 Å². The van der Waals surface area contributed by atoms with Crippen molar-refractivity contribution in [2.24, 2.45) is 0 Å². The molecule has 2 aromatic rings. The number of fused-ring (bicyclic) bond motifs is 1. The Balaban J connectivity index is 1.66. The molecule has 1 aliphatic rings. The van der Waals surface area contributed by atoms with Gasteiger partial charge in [0.2, 0.25) is 5.91 Å². The minimum Gasteiger partial charge on any atom is -0.479 e. The molecule has 3 rings (SSSR count). The maximum atomic E-state index is 12.2. The van der Waals surface area contributed by atoms with Crippen molar-refractivity contribution in [3.8, 4) is 5.75 Å². The monoisotopic (exact) mass is 324 g/mol. The molecule has 0 aromatic heterocycles. The Morgan fingerprint density at radius 1 is 1.17 bits per heavy atom. The van der Waals surface area contributed by atoms with E-state index in [4.69, 9.17) is 4.74 Å². The number of amides is 2. The van der Waals surface area contributed by atoms with E-state index in [-0.39, 0.29) is 18.2 Å². The van der Waals surface area contributed by atoms with Crippen LogP contribution in [0.2, 0.25) is 0 Å². The molecule has 0 radical (unpaired) electrons. The van der Waals surface area contributed by atoms with Crippen LogP contribution in [-0.2, 0) is 22.4 Å². The fraction of sp³-hybridized carbons (Fsp3) is 0.263. The van der Waals surface area contributed by atoms with E-state index in [1.165, 1.54) is 5.56 Å². The number of hydrogen-bond donors (Lipinski definition) is 2. The zero-order chi connectivity index (χ0) is 17.1. The van der Waals surface area contributed by atoms with E-state index in [1.807, 2.05) is 30.3 Å². The zero-order valence-electron chi connectivity index (χ0n) is 13.8. The highest BCUT2D eigenvalue weighted by Crippen LogP contribution is 2.30. The van der Waals surface area contributed by atoms with Gasteiger partial charge in [-0.15, -0.1) is 0 Å². The summed E-state index contributed by atoms with van der Waals surface area (Å²) in [5.41, 5.74) is 3.43. The van der Waals surface area contributed by atoms with Gasteiger partial charge in [0, 0.05) is 5.69 Å². The van der Waals surface area contributed by atoms with Gasteiger partial charge in [0.15, 0.2) is 6.10 Å². The van der Waals surface area contributed by atoms with Gasteiger partial charge in [0.1, 0.15) is 5.75 Å². The van der Waals surface area contributed by atoms with Crippen LogP contribution in [0.5, 0.6) is 5.75 Å². The van der Waals surface area contributed by atoms with Gasteiger partial charge >= 0.3 is 0 Å². The normalized spacial score (nSPS) is 15.9. The molecular weight excluding hydrogens is 304 g/mol. The lowest BCUT2D eigenvalue weighted by molar-refractivity contribution is -0.122. The quantitative estimate of drug-likeness (QED) is 0.908. The van der Waals surface area contributed by atoms with Crippen molar-refractivity contribution in [2.45, 2.75) is 32.8 Å². The lowest BCUT2D eigenvalue weighted by Crippen LogP contribution is -2.34. The SMILES string of the molecule is CCc1ccc(NC(=O)Cc2ccc3c(c2)NC(=O)C(C)O3)cc1. The summed E-state index contributed by atoms with van der Waals surface area (Å²) in [6.07, 6.45) is 0.696. The summed E-state index contributed by atoms with van der Waals surface area (Å²) < 4.78 is 5.51. The second kappa shape index (κ2) is 6.74. The van der Waals surface area contributed by atoms with Crippen LogP contribution in [0.25, 0.3) is 0 Å². The molecule has 0 saturated carbocycles. The van der Waals surface area contributed by atoms with E-state index < -0.39 is 6.10 Å². The summed E-state index contributed by atoms with van der Waals surface area (Å²) in [6.45, 7) is 3.79. The Hall–Kier alpha value is -2.82. The molecule has 5 heteroatoms. The fourth-order valence-electron chi connectivity index (χ4n) is 2.58. The van der Waals surface area contributed by atoms with E-state index >= 15 is 0 Å². The number of hydrogen-bond acceptors (Lipinski definition) is 3. The van der Waals surface area contributed by atoms with Crippen LogP contribution in [0.15, 0.2) is 42.5 Å². The van der Waals surface area contributed by atoms with Crippen LogP contribution in [-0.4, -0.2) is 17.9 Å². The molecule has 2 aromatic carbocycles. The first-order chi connectivity index (χ1) is 11.5. The van der Waals surface area contributed by atoms with Gasteiger partial charge in [-0.05, 0) is 48.7 Å². The maximum absolute atomic E-state index is 12.2. The average Bonchev–Trinajstić information content (AvgIpc) is 2.57. The lowest BCUT2D eigenvalue weighted by Gasteiger charge is -2.23. The predicted molar refractivity (Wildman–Crippen MR) is 93.3 cm³/mol. The summed E-state index contributed by atoms with van der Waals surface area (Å²) >= 11 is 0.